The summed E-state index contributed by atoms with van der Waals surface area (Å²) in [7, 11) is -3.79. The van der Waals surface area contributed by atoms with E-state index in [0.29, 0.717) is 25.0 Å². The fraction of sp³-hybridized carbons (Fsp3) is 0.611. The number of aromatic nitrogens is 3. The molecule has 1 saturated heterocycles. The maximum Gasteiger partial charge on any atom is 0.243 e. The van der Waals surface area contributed by atoms with Crippen LogP contribution in [0.1, 0.15) is 52.5 Å². The predicted molar refractivity (Wildman–Crippen MR) is 103 cm³/mol. The van der Waals surface area contributed by atoms with E-state index in [0.717, 1.165) is 24.8 Å². The van der Waals surface area contributed by atoms with E-state index in [-0.39, 0.29) is 16.8 Å². The molecular formula is C18H27N5O3S. The highest BCUT2D eigenvalue weighted by atomic mass is 32.2. The highest BCUT2D eigenvalue weighted by molar-refractivity contribution is 7.89. The SMILES string of the molecule is CCCNC(=O)C1CCCCN1S(=O)(=O)c1ccc2c(c1)nnn2C(C)C. The van der Waals surface area contributed by atoms with Crippen LogP contribution in [0.2, 0.25) is 0 Å². The summed E-state index contributed by atoms with van der Waals surface area (Å²) in [5.41, 5.74) is 1.33. The van der Waals surface area contributed by atoms with E-state index < -0.39 is 16.1 Å². The van der Waals surface area contributed by atoms with Gasteiger partial charge in [-0.15, -0.1) is 5.10 Å². The molecule has 1 aromatic heterocycles. The molecule has 27 heavy (non-hydrogen) atoms. The number of nitrogens with one attached hydrogen (secondary N) is 1. The third-order valence-electron chi connectivity index (χ3n) is 4.84. The van der Waals surface area contributed by atoms with Crippen LogP contribution in [0.4, 0.5) is 0 Å². The highest BCUT2D eigenvalue weighted by Crippen LogP contribution is 2.27. The lowest BCUT2D eigenvalue weighted by Crippen LogP contribution is -2.51. The molecule has 0 saturated carbocycles. The summed E-state index contributed by atoms with van der Waals surface area (Å²) >= 11 is 0. The number of nitrogens with zero attached hydrogens (tertiary/aromatic N) is 4. The standard InChI is InChI=1S/C18H27N5O3S/c1-4-10-19-18(24)17-7-5-6-11-22(17)27(25,26)14-8-9-16-15(12-14)20-21-23(16)13(2)3/h8-9,12-13,17H,4-7,10-11H2,1-3H3,(H,19,24). The fourth-order valence-electron chi connectivity index (χ4n) is 3.42. The Balaban J connectivity index is 1.94. The van der Waals surface area contributed by atoms with Crippen LogP contribution in [-0.4, -0.2) is 52.8 Å². The lowest BCUT2D eigenvalue weighted by molar-refractivity contribution is -0.125. The normalized spacial score (nSPS) is 18.9. The lowest BCUT2D eigenvalue weighted by Gasteiger charge is -2.33. The summed E-state index contributed by atoms with van der Waals surface area (Å²) < 4.78 is 29.6. The van der Waals surface area contributed by atoms with E-state index >= 15 is 0 Å². The van der Waals surface area contributed by atoms with Crippen molar-refractivity contribution in [3.63, 3.8) is 0 Å². The molecule has 2 aromatic rings. The summed E-state index contributed by atoms with van der Waals surface area (Å²) in [6.07, 6.45) is 2.95. The largest absolute Gasteiger partial charge is 0.355 e. The molecule has 0 radical (unpaired) electrons. The van der Waals surface area contributed by atoms with Gasteiger partial charge in [-0.1, -0.05) is 18.6 Å². The van der Waals surface area contributed by atoms with E-state index in [9.17, 15) is 13.2 Å². The van der Waals surface area contributed by atoms with Crippen LogP contribution in [0.3, 0.4) is 0 Å². The minimum atomic E-state index is -3.79. The molecule has 8 nitrogen and oxygen atoms in total. The van der Waals surface area contributed by atoms with Gasteiger partial charge in [0.2, 0.25) is 15.9 Å². The number of benzene rings is 1. The maximum atomic E-state index is 13.3. The van der Waals surface area contributed by atoms with E-state index in [1.165, 1.54) is 4.31 Å². The first kappa shape index (κ1) is 19.8. The molecule has 0 bridgehead atoms. The molecule has 148 valence electrons. The first-order valence-electron chi connectivity index (χ1n) is 9.50. The quantitative estimate of drug-likeness (QED) is 0.810. The van der Waals surface area contributed by atoms with Gasteiger partial charge in [0.05, 0.1) is 10.4 Å². The zero-order chi connectivity index (χ0) is 19.6. The number of rotatable bonds is 6. The zero-order valence-electron chi connectivity index (χ0n) is 16.1. The average Bonchev–Trinajstić information content (AvgIpc) is 3.09. The molecule has 1 unspecified atom stereocenters. The van der Waals surface area contributed by atoms with Gasteiger partial charge in [0, 0.05) is 19.1 Å². The minimum absolute atomic E-state index is 0.131. The number of amides is 1. The van der Waals surface area contributed by atoms with Gasteiger partial charge in [0.25, 0.3) is 0 Å². The molecule has 1 aliphatic heterocycles. The van der Waals surface area contributed by atoms with Crippen LogP contribution in [0.5, 0.6) is 0 Å². The van der Waals surface area contributed by atoms with Crippen LogP contribution >= 0.6 is 0 Å². The van der Waals surface area contributed by atoms with E-state index in [4.69, 9.17) is 0 Å². The monoisotopic (exact) mass is 393 g/mol. The Labute approximate surface area is 160 Å². The molecule has 1 aliphatic rings. The van der Waals surface area contributed by atoms with E-state index in [1.54, 1.807) is 22.9 Å². The molecule has 1 amide bonds. The molecule has 1 atom stereocenters. The number of sulfonamides is 1. The van der Waals surface area contributed by atoms with Gasteiger partial charge in [-0.3, -0.25) is 4.79 Å². The molecule has 0 spiro atoms. The Morgan fingerprint density at radius 1 is 1.33 bits per heavy atom. The lowest BCUT2D eigenvalue weighted by atomic mass is 10.0. The Hall–Kier alpha value is -2.00. The molecule has 3 rings (SSSR count). The van der Waals surface area contributed by atoms with Crippen LogP contribution in [-0.2, 0) is 14.8 Å². The first-order chi connectivity index (χ1) is 12.9. The van der Waals surface area contributed by atoms with Gasteiger partial charge >= 0.3 is 0 Å². The van der Waals surface area contributed by atoms with E-state index in [2.05, 4.69) is 15.6 Å². The number of hydrogen-bond acceptors (Lipinski definition) is 5. The minimum Gasteiger partial charge on any atom is -0.355 e. The maximum absolute atomic E-state index is 13.3. The fourth-order valence-corrected chi connectivity index (χ4v) is 5.10. The van der Waals surface area contributed by atoms with Gasteiger partial charge in [-0.25, -0.2) is 13.1 Å². The number of carbonyl (C=O) groups is 1. The molecule has 0 aliphatic carbocycles. The second-order valence-corrected chi connectivity index (χ2v) is 9.09. The van der Waals surface area contributed by atoms with Crippen molar-refractivity contribution < 1.29 is 13.2 Å². The summed E-state index contributed by atoms with van der Waals surface area (Å²) in [6, 6.07) is 4.34. The Morgan fingerprint density at radius 3 is 2.81 bits per heavy atom. The van der Waals surface area contributed by atoms with Crippen molar-refractivity contribution in [3.05, 3.63) is 18.2 Å². The topological polar surface area (TPSA) is 97.2 Å². The summed E-state index contributed by atoms with van der Waals surface area (Å²) in [5, 5.41) is 11.0. The third-order valence-corrected chi connectivity index (χ3v) is 6.75. The van der Waals surface area contributed by atoms with Gasteiger partial charge in [-0.2, -0.15) is 4.31 Å². The van der Waals surface area contributed by atoms with Crippen LogP contribution in [0.15, 0.2) is 23.1 Å². The van der Waals surface area contributed by atoms with Crippen molar-refractivity contribution in [1.82, 2.24) is 24.6 Å². The van der Waals surface area contributed by atoms with Crippen molar-refractivity contribution in [1.29, 1.82) is 0 Å². The summed E-state index contributed by atoms with van der Waals surface area (Å²) in [6.45, 7) is 6.85. The van der Waals surface area contributed by atoms with Gasteiger partial charge in [0.15, 0.2) is 0 Å². The molecular weight excluding hydrogens is 366 g/mol. The smallest absolute Gasteiger partial charge is 0.243 e. The van der Waals surface area contributed by atoms with Crippen molar-refractivity contribution in [2.75, 3.05) is 13.1 Å². The second kappa shape index (κ2) is 7.93. The van der Waals surface area contributed by atoms with Gasteiger partial charge in [0.1, 0.15) is 11.6 Å². The number of carbonyl (C=O) groups excluding carboxylic acids is 1. The first-order valence-corrected chi connectivity index (χ1v) is 10.9. The van der Waals surface area contributed by atoms with Crippen LogP contribution in [0.25, 0.3) is 11.0 Å². The number of piperidine rings is 1. The molecule has 1 aromatic carbocycles. The van der Waals surface area contributed by atoms with Crippen molar-refractivity contribution in [3.8, 4) is 0 Å². The van der Waals surface area contributed by atoms with Crippen LogP contribution < -0.4 is 5.32 Å². The average molecular weight is 394 g/mol. The van der Waals surface area contributed by atoms with E-state index in [1.807, 2.05) is 20.8 Å². The second-order valence-electron chi connectivity index (χ2n) is 7.20. The molecule has 1 N–H and O–H groups in total. The Kier molecular flexibility index (Phi) is 5.81. The van der Waals surface area contributed by atoms with Crippen molar-refractivity contribution in [2.24, 2.45) is 0 Å². The molecule has 1 fully saturated rings. The Morgan fingerprint density at radius 2 is 2.11 bits per heavy atom. The van der Waals surface area contributed by atoms with Gasteiger partial charge < -0.3 is 5.32 Å². The Bertz CT molecular complexity index is 922. The van der Waals surface area contributed by atoms with Crippen molar-refractivity contribution in [2.45, 2.75) is 63.4 Å². The summed E-state index contributed by atoms with van der Waals surface area (Å²) in [4.78, 5) is 12.6. The zero-order valence-corrected chi connectivity index (χ0v) is 16.9. The third kappa shape index (κ3) is 3.84. The van der Waals surface area contributed by atoms with Crippen LogP contribution in [0, 0.1) is 0 Å². The number of hydrogen-bond donors (Lipinski definition) is 1. The van der Waals surface area contributed by atoms with Crippen molar-refractivity contribution >= 4 is 27.0 Å². The number of fused-ring (bicyclic) bond motifs is 1. The van der Waals surface area contributed by atoms with Gasteiger partial charge in [-0.05, 0) is 51.3 Å². The summed E-state index contributed by atoms with van der Waals surface area (Å²) in [5.74, 6) is -0.216. The highest BCUT2D eigenvalue weighted by Gasteiger charge is 2.37. The molecule has 2 heterocycles. The molecule has 9 heteroatoms. The predicted octanol–water partition coefficient (Wildman–Crippen LogP) is 2.08.